The topological polar surface area (TPSA) is 77.4 Å². The predicted octanol–water partition coefficient (Wildman–Crippen LogP) is 2.20. The molecule has 1 aliphatic heterocycles. The molecule has 0 bridgehead atoms. The molecule has 108 valence electrons. The van der Waals surface area contributed by atoms with E-state index in [2.05, 4.69) is 42.9 Å². The number of fused-ring (bicyclic) bond motifs is 1. The number of benzene rings is 1. The second-order valence-electron chi connectivity index (χ2n) is 6.61. The number of hydrogen-bond acceptors (Lipinski definition) is 6. The molecule has 3 rings (SSSR count). The van der Waals surface area contributed by atoms with Crippen LogP contribution < -0.4 is 10.6 Å². The van der Waals surface area contributed by atoms with Crippen molar-refractivity contribution in [3.8, 4) is 0 Å². The van der Waals surface area contributed by atoms with Gasteiger partial charge in [0.2, 0.25) is 0 Å². The van der Waals surface area contributed by atoms with Crippen molar-refractivity contribution in [3.05, 3.63) is 12.1 Å². The summed E-state index contributed by atoms with van der Waals surface area (Å²) in [5, 5.41) is 7.88. The summed E-state index contributed by atoms with van der Waals surface area (Å²) in [4.78, 5) is 2.26. The van der Waals surface area contributed by atoms with Crippen molar-refractivity contribution in [1.29, 1.82) is 0 Å². The van der Waals surface area contributed by atoms with Gasteiger partial charge in [-0.1, -0.05) is 0 Å². The van der Waals surface area contributed by atoms with Crippen LogP contribution in [0, 0.1) is 0 Å². The first-order chi connectivity index (χ1) is 9.27. The molecule has 0 unspecified atom stereocenters. The maximum atomic E-state index is 6.10. The fraction of sp³-hybridized carbons (Fsp3) is 0.571. The van der Waals surface area contributed by atoms with Gasteiger partial charge in [-0.2, -0.15) is 0 Å². The van der Waals surface area contributed by atoms with Crippen LogP contribution in [-0.4, -0.2) is 34.6 Å². The number of aromatic nitrogens is 2. The lowest BCUT2D eigenvalue weighted by Crippen LogP contribution is -2.57. The van der Waals surface area contributed by atoms with Crippen molar-refractivity contribution in [2.24, 2.45) is 0 Å². The van der Waals surface area contributed by atoms with Gasteiger partial charge < -0.3 is 15.4 Å². The second-order valence-corrected chi connectivity index (χ2v) is 6.61. The monoisotopic (exact) mass is 276 g/mol. The lowest BCUT2D eigenvalue weighted by atomic mass is 9.98. The van der Waals surface area contributed by atoms with Crippen molar-refractivity contribution in [1.82, 2.24) is 10.3 Å². The Labute approximate surface area is 117 Å². The molecule has 0 saturated carbocycles. The van der Waals surface area contributed by atoms with Crippen LogP contribution in [0.1, 0.15) is 27.7 Å². The van der Waals surface area contributed by atoms with E-state index in [0.717, 1.165) is 18.8 Å². The lowest BCUT2D eigenvalue weighted by Gasteiger charge is -2.48. The van der Waals surface area contributed by atoms with Gasteiger partial charge in [0.05, 0.1) is 22.6 Å². The van der Waals surface area contributed by atoms with E-state index in [1.165, 1.54) is 0 Å². The van der Waals surface area contributed by atoms with E-state index in [-0.39, 0.29) is 11.2 Å². The SMILES string of the molecule is CC1(C)CN(c2ccc(N)c3nonc23)CC(C)(C)O1. The summed E-state index contributed by atoms with van der Waals surface area (Å²) in [6.45, 7) is 9.93. The van der Waals surface area contributed by atoms with Crippen LogP contribution in [0.3, 0.4) is 0 Å². The van der Waals surface area contributed by atoms with Gasteiger partial charge in [0.1, 0.15) is 0 Å². The molecule has 6 nitrogen and oxygen atoms in total. The fourth-order valence-corrected chi connectivity index (χ4v) is 3.09. The average molecular weight is 276 g/mol. The minimum Gasteiger partial charge on any atom is -0.397 e. The number of anilines is 2. The number of nitrogens with two attached hydrogens (primary N) is 1. The van der Waals surface area contributed by atoms with E-state index < -0.39 is 0 Å². The number of nitrogens with zero attached hydrogens (tertiary/aromatic N) is 3. The molecule has 0 aliphatic carbocycles. The summed E-state index contributed by atoms with van der Waals surface area (Å²) in [6.07, 6.45) is 0. The molecule has 6 heteroatoms. The minimum absolute atomic E-state index is 0.230. The van der Waals surface area contributed by atoms with Crippen molar-refractivity contribution in [3.63, 3.8) is 0 Å². The van der Waals surface area contributed by atoms with E-state index in [4.69, 9.17) is 15.1 Å². The normalized spacial score (nSPS) is 21.3. The van der Waals surface area contributed by atoms with Crippen LogP contribution in [-0.2, 0) is 4.74 Å². The quantitative estimate of drug-likeness (QED) is 0.805. The Hall–Kier alpha value is -1.82. The van der Waals surface area contributed by atoms with Gasteiger partial charge in [0.25, 0.3) is 0 Å². The Bertz CT molecular complexity index is 632. The summed E-state index contributed by atoms with van der Waals surface area (Å²) in [7, 11) is 0. The van der Waals surface area contributed by atoms with E-state index in [9.17, 15) is 0 Å². The molecule has 1 aromatic carbocycles. The zero-order valence-corrected chi connectivity index (χ0v) is 12.3. The number of rotatable bonds is 1. The highest BCUT2D eigenvalue weighted by Crippen LogP contribution is 2.35. The Balaban J connectivity index is 2.06. The minimum atomic E-state index is -0.230. The summed E-state index contributed by atoms with van der Waals surface area (Å²) >= 11 is 0. The van der Waals surface area contributed by atoms with Gasteiger partial charge >= 0.3 is 0 Å². The summed E-state index contributed by atoms with van der Waals surface area (Å²) in [5.74, 6) is 0. The first-order valence-corrected chi connectivity index (χ1v) is 6.73. The second kappa shape index (κ2) is 4.09. The van der Waals surface area contributed by atoms with Crippen LogP contribution in [0.5, 0.6) is 0 Å². The van der Waals surface area contributed by atoms with Crippen LogP contribution in [0.25, 0.3) is 11.0 Å². The van der Waals surface area contributed by atoms with Crippen molar-refractivity contribution < 1.29 is 9.37 Å². The van der Waals surface area contributed by atoms with Crippen LogP contribution in [0.15, 0.2) is 16.8 Å². The Morgan fingerprint density at radius 1 is 1.05 bits per heavy atom. The first kappa shape index (κ1) is 13.2. The van der Waals surface area contributed by atoms with E-state index in [1.54, 1.807) is 0 Å². The molecule has 0 radical (unpaired) electrons. The molecular formula is C14H20N4O2. The maximum Gasteiger partial charge on any atom is 0.160 e. The average Bonchev–Trinajstić information content (AvgIpc) is 2.74. The van der Waals surface area contributed by atoms with Crippen LogP contribution in [0.4, 0.5) is 11.4 Å². The van der Waals surface area contributed by atoms with Gasteiger partial charge in [-0.05, 0) is 50.1 Å². The highest BCUT2D eigenvalue weighted by Gasteiger charge is 2.39. The van der Waals surface area contributed by atoms with Gasteiger partial charge in [0.15, 0.2) is 11.0 Å². The molecule has 1 fully saturated rings. The third-order valence-electron chi connectivity index (χ3n) is 3.46. The van der Waals surface area contributed by atoms with Crippen LogP contribution >= 0.6 is 0 Å². The zero-order chi connectivity index (χ0) is 14.5. The van der Waals surface area contributed by atoms with E-state index in [0.29, 0.717) is 16.7 Å². The summed E-state index contributed by atoms with van der Waals surface area (Å²) < 4.78 is 10.9. The lowest BCUT2D eigenvalue weighted by molar-refractivity contribution is -0.133. The summed E-state index contributed by atoms with van der Waals surface area (Å²) in [5.41, 5.74) is 8.33. The predicted molar refractivity (Wildman–Crippen MR) is 77.7 cm³/mol. The third-order valence-corrected chi connectivity index (χ3v) is 3.46. The smallest absolute Gasteiger partial charge is 0.160 e. The molecule has 2 N–H and O–H groups in total. The molecule has 20 heavy (non-hydrogen) atoms. The molecule has 1 aliphatic rings. The van der Waals surface area contributed by atoms with Gasteiger partial charge in [-0.3, -0.25) is 0 Å². The van der Waals surface area contributed by atoms with Gasteiger partial charge in [-0.15, -0.1) is 0 Å². The number of hydrogen-bond donors (Lipinski definition) is 1. The van der Waals surface area contributed by atoms with Gasteiger partial charge in [-0.25, -0.2) is 4.63 Å². The van der Waals surface area contributed by atoms with Crippen molar-refractivity contribution >= 4 is 22.4 Å². The zero-order valence-electron chi connectivity index (χ0n) is 12.3. The maximum absolute atomic E-state index is 6.10. The molecule has 1 aromatic heterocycles. The van der Waals surface area contributed by atoms with E-state index in [1.807, 2.05) is 12.1 Å². The Morgan fingerprint density at radius 2 is 1.65 bits per heavy atom. The first-order valence-electron chi connectivity index (χ1n) is 6.73. The number of nitrogen functional groups attached to an aromatic ring is 1. The molecule has 0 spiro atoms. The molecule has 0 amide bonds. The van der Waals surface area contributed by atoms with Crippen molar-refractivity contribution in [2.45, 2.75) is 38.9 Å². The fourth-order valence-electron chi connectivity index (χ4n) is 3.09. The van der Waals surface area contributed by atoms with E-state index >= 15 is 0 Å². The molecule has 0 atom stereocenters. The Kier molecular flexibility index (Phi) is 2.69. The number of morpholine rings is 1. The molecular weight excluding hydrogens is 256 g/mol. The molecule has 1 saturated heterocycles. The standard InChI is InChI=1S/C14H20N4O2/c1-13(2)7-18(8-14(3,4)19-13)10-6-5-9(15)11-12(10)17-20-16-11/h5-6H,7-8,15H2,1-4H3. The molecule has 2 aromatic rings. The molecule has 2 heterocycles. The van der Waals surface area contributed by atoms with Crippen LogP contribution in [0.2, 0.25) is 0 Å². The van der Waals surface area contributed by atoms with Gasteiger partial charge in [0, 0.05) is 13.1 Å². The van der Waals surface area contributed by atoms with Crippen molar-refractivity contribution in [2.75, 3.05) is 23.7 Å². The number of ether oxygens (including phenoxy) is 1. The third kappa shape index (κ3) is 2.20. The largest absolute Gasteiger partial charge is 0.397 e. The highest BCUT2D eigenvalue weighted by molar-refractivity contribution is 5.95. The highest BCUT2D eigenvalue weighted by atomic mass is 16.6. The summed E-state index contributed by atoms with van der Waals surface area (Å²) in [6, 6.07) is 3.82. The Morgan fingerprint density at radius 3 is 2.30 bits per heavy atom.